The zero-order chi connectivity index (χ0) is 22.1. The largest absolute Gasteiger partial charge is 0.319 e. The lowest BCUT2D eigenvalue weighted by Crippen LogP contribution is -2.17. The lowest BCUT2D eigenvalue weighted by molar-refractivity contribution is 0.102. The first-order valence-electron chi connectivity index (χ1n) is 9.04. The van der Waals surface area contributed by atoms with Crippen LogP contribution in [0.15, 0.2) is 59.5 Å². The monoisotopic (exact) mass is 462 g/mol. The first-order valence-corrected chi connectivity index (χ1v) is 11.3. The van der Waals surface area contributed by atoms with Gasteiger partial charge in [0.05, 0.1) is 20.6 Å². The highest BCUT2D eigenvalue weighted by molar-refractivity contribution is 7.92. The molecule has 30 heavy (non-hydrogen) atoms. The Hall–Kier alpha value is -2.54. The molecule has 3 aromatic rings. The third kappa shape index (κ3) is 4.95. The van der Waals surface area contributed by atoms with E-state index in [1.807, 2.05) is 19.9 Å². The minimum absolute atomic E-state index is 0.0135. The maximum absolute atomic E-state index is 13.0. The Morgan fingerprint density at radius 3 is 2.07 bits per heavy atom. The van der Waals surface area contributed by atoms with E-state index in [9.17, 15) is 13.2 Å². The highest BCUT2D eigenvalue weighted by Crippen LogP contribution is 2.30. The number of anilines is 2. The summed E-state index contributed by atoms with van der Waals surface area (Å²) in [7, 11) is -3.90. The fourth-order valence-electron chi connectivity index (χ4n) is 3.08. The first-order chi connectivity index (χ1) is 14.1. The summed E-state index contributed by atoms with van der Waals surface area (Å²) in [6.07, 6.45) is 0. The van der Waals surface area contributed by atoms with Gasteiger partial charge in [0.2, 0.25) is 0 Å². The van der Waals surface area contributed by atoms with E-state index in [1.165, 1.54) is 6.07 Å². The zero-order valence-corrected chi connectivity index (χ0v) is 18.9. The number of para-hydroxylation sites is 1. The Labute approximate surface area is 186 Å². The van der Waals surface area contributed by atoms with Crippen LogP contribution in [0.4, 0.5) is 11.4 Å². The number of rotatable bonds is 5. The molecule has 3 aromatic carbocycles. The summed E-state index contributed by atoms with van der Waals surface area (Å²) in [5.41, 5.74) is 3.29. The van der Waals surface area contributed by atoms with Crippen molar-refractivity contribution < 1.29 is 13.2 Å². The molecule has 0 aliphatic heterocycles. The van der Waals surface area contributed by atoms with E-state index in [0.29, 0.717) is 11.3 Å². The summed E-state index contributed by atoms with van der Waals surface area (Å²) in [5.74, 6) is -0.521. The van der Waals surface area contributed by atoms with E-state index >= 15 is 0 Å². The van der Waals surface area contributed by atoms with E-state index < -0.39 is 15.9 Å². The summed E-state index contributed by atoms with van der Waals surface area (Å²) >= 11 is 12.2. The minimum Gasteiger partial charge on any atom is -0.319 e. The summed E-state index contributed by atoms with van der Waals surface area (Å²) in [5, 5.41) is 3.21. The van der Waals surface area contributed by atoms with Gasteiger partial charge >= 0.3 is 0 Å². The van der Waals surface area contributed by atoms with Gasteiger partial charge in [0, 0.05) is 11.3 Å². The zero-order valence-electron chi connectivity index (χ0n) is 16.6. The number of hydrogen-bond acceptors (Lipinski definition) is 3. The maximum atomic E-state index is 13.0. The van der Waals surface area contributed by atoms with Crippen molar-refractivity contribution in [2.24, 2.45) is 0 Å². The van der Waals surface area contributed by atoms with Crippen molar-refractivity contribution in [3.8, 4) is 0 Å². The molecule has 0 spiro atoms. The summed E-state index contributed by atoms with van der Waals surface area (Å²) in [6.45, 7) is 5.45. The number of benzene rings is 3. The Kier molecular flexibility index (Phi) is 6.41. The van der Waals surface area contributed by atoms with Crippen molar-refractivity contribution >= 4 is 50.5 Å². The van der Waals surface area contributed by atoms with Gasteiger partial charge in [-0.1, -0.05) is 41.4 Å². The lowest BCUT2D eigenvalue weighted by atomic mass is 10.1. The van der Waals surface area contributed by atoms with Crippen LogP contribution in [0.5, 0.6) is 0 Å². The first kappa shape index (κ1) is 22.2. The second kappa shape index (κ2) is 8.68. The van der Waals surface area contributed by atoms with Crippen LogP contribution in [0.3, 0.4) is 0 Å². The average molecular weight is 463 g/mol. The number of carbonyl (C=O) groups is 1. The number of amides is 1. The van der Waals surface area contributed by atoms with Gasteiger partial charge < -0.3 is 5.32 Å². The van der Waals surface area contributed by atoms with Gasteiger partial charge in [-0.05, 0) is 73.9 Å². The van der Waals surface area contributed by atoms with Crippen LogP contribution in [-0.2, 0) is 10.0 Å². The highest BCUT2D eigenvalue weighted by Gasteiger charge is 2.20. The van der Waals surface area contributed by atoms with Crippen molar-refractivity contribution in [1.29, 1.82) is 0 Å². The highest BCUT2D eigenvalue weighted by atomic mass is 35.5. The van der Waals surface area contributed by atoms with Crippen LogP contribution in [0.25, 0.3) is 0 Å². The topological polar surface area (TPSA) is 75.3 Å². The molecule has 0 bridgehead atoms. The van der Waals surface area contributed by atoms with Crippen LogP contribution < -0.4 is 10.0 Å². The van der Waals surface area contributed by atoms with E-state index in [0.717, 1.165) is 11.1 Å². The quantitative estimate of drug-likeness (QED) is 0.490. The normalized spacial score (nSPS) is 11.2. The van der Waals surface area contributed by atoms with E-state index in [2.05, 4.69) is 10.0 Å². The van der Waals surface area contributed by atoms with E-state index in [4.69, 9.17) is 23.2 Å². The molecule has 2 N–H and O–H groups in total. The van der Waals surface area contributed by atoms with Gasteiger partial charge in [0.15, 0.2) is 0 Å². The van der Waals surface area contributed by atoms with Crippen LogP contribution in [0, 0.1) is 20.8 Å². The predicted molar refractivity (Wildman–Crippen MR) is 122 cm³/mol. The van der Waals surface area contributed by atoms with Crippen molar-refractivity contribution in [3.63, 3.8) is 0 Å². The molecule has 0 fully saturated rings. The number of carbonyl (C=O) groups excluding carboxylic acids is 1. The second-order valence-electron chi connectivity index (χ2n) is 7.01. The van der Waals surface area contributed by atoms with E-state index in [-0.39, 0.29) is 26.2 Å². The van der Waals surface area contributed by atoms with Crippen molar-refractivity contribution in [1.82, 2.24) is 0 Å². The maximum Gasteiger partial charge on any atom is 0.262 e. The van der Waals surface area contributed by atoms with Gasteiger partial charge in [-0.15, -0.1) is 0 Å². The molecule has 8 heteroatoms. The molecule has 156 valence electrons. The van der Waals surface area contributed by atoms with Gasteiger partial charge in [0.1, 0.15) is 0 Å². The molecule has 0 atom stereocenters. The van der Waals surface area contributed by atoms with Gasteiger partial charge in [-0.2, -0.15) is 0 Å². The van der Waals surface area contributed by atoms with Crippen molar-refractivity contribution in [2.45, 2.75) is 25.7 Å². The fourth-order valence-corrected chi connectivity index (χ4v) is 4.88. The Bertz CT molecular complexity index is 1200. The molecule has 0 aromatic heterocycles. The van der Waals surface area contributed by atoms with Crippen LogP contribution in [-0.4, -0.2) is 14.3 Å². The summed E-state index contributed by atoms with van der Waals surface area (Å²) in [4.78, 5) is 12.7. The smallest absolute Gasteiger partial charge is 0.262 e. The number of sulfonamides is 1. The predicted octanol–water partition coefficient (Wildman–Crippen LogP) is 5.97. The third-order valence-electron chi connectivity index (χ3n) is 4.42. The van der Waals surface area contributed by atoms with Crippen molar-refractivity contribution in [2.75, 3.05) is 10.0 Å². The van der Waals surface area contributed by atoms with Gasteiger partial charge in [-0.25, -0.2) is 8.42 Å². The Morgan fingerprint density at radius 1 is 0.867 bits per heavy atom. The molecular formula is C22H20Cl2N2O3S. The molecule has 0 heterocycles. The van der Waals surface area contributed by atoms with Crippen LogP contribution in [0.1, 0.15) is 27.0 Å². The molecular weight excluding hydrogens is 443 g/mol. The Morgan fingerprint density at radius 2 is 1.47 bits per heavy atom. The molecule has 5 nitrogen and oxygen atoms in total. The van der Waals surface area contributed by atoms with E-state index in [1.54, 1.807) is 49.4 Å². The molecule has 0 saturated heterocycles. The SMILES string of the molecule is Cc1cc(C)cc(NS(=O)(=O)c2cc(C(=O)Nc3c(Cl)cccc3Cl)ccc2C)c1. The summed E-state index contributed by atoms with van der Waals surface area (Å²) < 4.78 is 28.6. The fraction of sp³-hybridized carbons (Fsp3) is 0.136. The minimum atomic E-state index is -3.90. The summed E-state index contributed by atoms with van der Waals surface area (Å²) in [6, 6.07) is 14.8. The molecule has 0 saturated carbocycles. The van der Waals surface area contributed by atoms with Crippen LogP contribution >= 0.6 is 23.2 Å². The van der Waals surface area contributed by atoms with Crippen LogP contribution in [0.2, 0.25) is 10.0 Å². The number of aryl methyl sites for hydroxylation is 3. The lowest BCUT2D eigenvalue weighted by Gasteiger charge is -2.14. The number of hydrogen-bond donors (Lipinski definition) is 2. The van der Waals surface area contributed by atoms with Gasteiger partial charge in [-0.3, -0.25) is 9.52 Å². The molecule has 3 rings (SSSR count). The number of nitrogens with one attached hydrogen (secondary N) is 2. The van der Waals surface area contributed by atoms with Gasteiger partial charge in [0.25, 0.3) is 15.9 Å². The number of halogens is 2. The average Bonchev–Trinajstić information content (AvgIpc) is 2.63. The Balaban J connectivity index is 1.93. The molecule has 0 radical (unpaired) electrons. The second-order valence-corrected chi connectivity index (χ2v) is 9.48. The molecule has 0 unspecified atom stereocenters. The van der Waals surface area contributed by atoms with Crippen molar-refractivity contribution in [3.05, 3.63) is 86.9 Å². The standard InChI is InChI=1S/C22H20Cl2N2O3S/c1-13-9-14(2)11-17(10-13)26-30(28,29)20-12-16(8-7-15(20)3)22(27)25-21-18(23)5-4-6-19(21)24/h4-12,26H,1-3H3,(H,25,27). The molecule has 0 aliphatic carbocycles. The molecule has 1 amide bonds. The molecule has 0 aliphatic rings. The third-order valence-corrected chi connectivity index (χ3v) is 6.57.